The third-order valence-corrected chi connectivity index (χ3v) is 6.14. The number of nitrogens with one attached hydrogen (secondary N) is 1. The molecule has 21 heavy (non-hydrogen) atoms. The van der Waals surface area contributed by atoms with Gasteiger partial charge in [0.2, 0.25) is 0 Å². The molecule has 1 heterocycles. The van der Waals surface area contributed by atoms with Crippen molar-refractivity contribution >= 4 is 9.84 Å². The molecule has 1 aliphatic heterocycles. The number of nitrogens with zero attached hydrogens (tertiary/aromatic N) is 1. The Morgan fingerprint density at radius 2 is 1.90 bits per heavy atom. The van der Waals surface area contributed by atoms with Gasteiger partial charge in [-0.2, -0.15) is 0 Å². The van der Waals surface area contributed by atoms with Gasteiger partial charge in [-0.1, -0.05) is 41.5 Å². The molecule has 0 saturated carbocycles. The van der Waals surface area contributed by atoms with Crippen molar-refractivity contribution in [3.05, 3.63) is 0 Å². The molecule has 1 aliphatic rings. The van der Waals surface area contributed by atoms with Crippen molar-refractivity contribution in [2.45, 2.75) is 60.0 Å². The summed E-state index contributed by atoms with van der Waals surface area (Å²) < 4.78 is 23.6. The third kappa shape index (κ3) is 6.25. The maximum absolute atomic E-state index is 11.8. The topological polar surface area (TPSA) is 49.4 Å². The van der Waals surface area contributed by atoms with Gasteiger partial charge in [-0.15, -0.1) is 0 Å². The first-order valence-corrected chi connectivity index (χ1v) is 10.0. The summed E-state index contributed by atoms with van der Waals surface area (Å²) in [5.74, 6) is 1.17. The van der Waals surface area contributed by atoms with Crippen LogP contribution in [0.15, 0.2) is 0 Å². The highest BCUT2D eigenvalue weighted by atomic mass is 32.2. The van der Waals surface area contributed by atoms with Gasteiger partial charge in [0.05, 0.1) is 5.75 Å². The summed E-state index contributed by atoms with van der Waals surface area (Å²) in [5, 5.41) is 3.66. The quantitative estimate of drug-likeness (QED) is 0.815. The molecule has 5 heteroatoms. The Hall–Kier alpha value is -0.130. The predicted molar refractivity (Wildman–Crippen MR) is 90.4 cm³/mol. The number of piperazine rings is 1. The summed E-state index contributed by atoms with van der Waals surface area (Å²) in [6.07, 6.45) is 1.12. The van der Waals surface area contributed by atoms with E-state index in [0.717, 1.165) is 19.5 Å². The van der Waals surface area contributed by atoms with Crippen LogP contribution in [-0.2, 0) is 9.84 Å². The number of rotatable bonds is 6. The molecule has 1 saturated heterocycles. The second-order valence-electron chi connectivity index (χ2n) is 7.84. The first-order valence-electron chi connectivity index (χ1n) is 8.23. The van der Waals surface area contributed by atoms with E-state index < -0.39 is 9.84 Å². The molecule has 0 aromatic rings. The van der Waals surface area contributed by atoms with Crippen molar-refractivity contribution in [3.8, 4) is 0 Å². The minimum atomic E-state index is -2.89. The third-order valence-electron chi connectivity index (χ3n) is 4.45. The summed E-state index contributed by atoms with van der Waals surface area (Å²) in [6, 6.07) is 0.876. The normalized spacial score (nSPS) is 25.5. The zero-order valence-electron chi connectivity index (χ0n) is 14.6. The van der Waals surface area contributed by atoms with Crippen LogP contribution in [0.25, 0.3) is 0 Å². The molecule has 2 atom stereocenters. The van der Waals surface area contributed by atoms with Crippen LogP contribution in [0.3, 0.4) is 0 Å². The highest BCUT2D eigenvalue weighted by molar-refractivity contribution is 7.91. The average molecular weight is 319 g/mol. The fourth-order valence-electron chi connectivity index (χ4n) is 2.89. The van der Waals surface area contributed by atoms with E-state index in [-0.39, 0.29) is 16.9 Å². The summed E-state index contributed by atoms with van der Waals surface area (Å²) in [5.41, 5.74) is 0.199. The Labute approximate surface area is 131 Å². The molecule has 0 amide bonds. The highest BCUT2D eigenvalue weighted by Gasteiger charge is 2.34. The summed E-state index contributed by atoms with van der Waals surface area (Å²) >= 11 is 0. The molecule has 4 nitrogen and oxygen atoms in total. The van der Waals surface area contributed by atoms with Crippen LogP contribution in [0.4, 0.5) is 0 Å². The van der Waals surface area contributed by atoms with Gasteiger partial charge in [0.1, 0.15) is 0 Å². The van der Waals surface area contributed by atoms with E-state index in [1.165, 1.54) is 0 Å². The maximum Gasteiger partial charge on any atom is 0.151 e. The molecule has 1 N–H and O–H groups in total. The Bertz CT molecular complexity index is 412. The molecule has 0 radical (unpaired) electrons. The molecule has 0 spiro atoms. The molecule has 2 unspecified atom stereocenters. The standard InChI is InChI=1S/C16H34N2O2S/c1-7-21(19,20)9-8-18-12-15(16(4,5)6)17-11-14(18)10-13(2)3/h13-15,17H,7-12H2,1-6H3. The predicted octanol–water partition coefficient (Wildman–Crippen LogP) is 2.16. The molecular weight excluding hydrogens is 284 g/mol. The first-order chi connectivity index (χ1) is 9.55. The Morgan fingerprint density at radius 1 is 1.29 bits per heavy atom. The number of hydrogen-bond donors (Lipinski definition) is 1. The number of sulfone groups is 1. The van der Waals surface area contributed by atoms with Gasteiger partial charge in [0.25, 0.3) is 0 Å². The zero-order chi connectivity index (χ0) is 16.3. The molecule has 1 rings (SSSR count). The lowest BCUT2D eigenvalue weighted by Crippen LogP contribution is -2.61. The molecular formula is C16H34N2O2S. The SMILES string of the molecule is CCS(=O)(=O)CCN1CC(C(C)(C)C)NCC1CC(C)C. The van der Waals surface area contributed by atoms with Gasteiger partial charge in [-0.05, 0) is 17.8 Å². The van der Waals surface area contributed by atoms with Crippen LogP contribution in [0, 0.1) is 11.3 Å². The van der Waals surface area contributed by atoms with E-state index in [1.54, 1.807) is 6.92 Å². The molecule has 0 aliphatic carbocycles. The van der Waals surface area contributed by atoms with Gasteiger partial charge in [0.15, 0.2) is 9.84 Å². The van der Waals surface area contributed by atoms with E-state index in [4.69, 9.17) is 0 Å². The molecule has 0 aromatic heterocycles. The fraction of sp³-hybridized carbons (Fsp3) is 1.00. The van der Waals surface area contributed by atoms with Gasteiger partial charge >= 0.3 is 0 Å². The number of hydrogen-bond acceptors (Lipinski definition) is 4. The second-order valence-corrected chi connectivity index (χ2v) is 10.3. The monoisotopic (exact) mass is 318 g/mol. The zero-order valence-corrected chi connectivity index (χ0v) is 15.5. The minimum Gasteiger partial charge on any atom is -0.311 e. The first kappa shape index (κ1) is 18.9. The van der Waals surface area contributed by atoms with Gasteiger partial charge in [-0.25, -0.2) is 8.42 Å². The van der Waals surface area contributed by atoms with Crippen molar-refractivity contribution in [1.29, 1.82) is 0 Å². The molecule has 0 aromatic carbocycles. The van der Waals surface area contributed by atoms with Crippen molar-refractivity contribution in [3.63, 3.8) is 0 Å². The van der Waals surface area contributed by atoms with Crippen molar-refractivity contribution < 1.29 is 8.42 Å². The van der Waals surface area contributed by atoms with Crippen molar-refractivity contribution in [1.82, 2.24) is 10.2 Å². The Morgan fingerprint density at radius 3 is 2.38 bits per heavy atom. The fourth-order valence-corrected chi connectivity index (χ4v) is 3.69. The van der Waals surface area contributed by atoms with Crippen LogP contribution in [0.5, 0.6) is 0 Å². The lowest BCUT2D eigenvalue weighted by molar-refractivity contribution is 0.0804. The van der Waals surface area contributed by atoms with Crippen LogP contribution in [-0.4, -0.2) is 56.5 Å². The average Bonchev–Trinajstić information content (AvgIpc) is 2.35. The Kier molecular flexibility index (Phi) is 6.69. The summed E-state index contributed by atoms with van der Waals surface area (Å²) in [6.45, 7) is 15.5. The lowest BCUT2D eigenvalue weighted by Gasteiger charge is -2.45. The van der Waals surface area contributed by atoms with E-state index in [0.29, 0.717) is 24.5 Å². The van der Waals surface area contributed by atoms with Gasteiger partial charge in [0, 0.05) is 37.5 Å². The van der Waals surface area contributed by atoms with Crippen LogP contribution >= 0.6 is 0 Å². The maximum atomic E-state index is 11.8. The lowest BCUT2D eigenvalue weighted by atomic mass is 9.84. The van der Waals surface area contributed by atoms with E-state index in [9.17, 15) is 8.42 Å². The van der Waals surface area contributed by atoms with Crippen LogP contribution in [0.2, 0.25) is 0 Å². The van der Waals surface area contributed by atoms with Gasteiger partial charge in [-0.3, -0.25) is 4.90 Å². The largest absolute Gasteiger partial charge is 0.311 e. The summed E-state index contributed by atoms with van der Waals surface area (Å²) in [4.78, 5) is 2.40. The van der Waals surface area contributed by atoms with Crippen LogP contribution in [0.1, 0.15) is 48.0 Å². The van der Waals surface area contributed by atoms with Crippen LogP contribution < -0.4 is 5.32 Å². The van der Waals surface area contributed by atoms with E-state index in [2.05, 4.69) is 44.8 Å². The van der Waals surface area contributed by atoms with E-state index in [1.807, 2.05) is 0 Å². The van der Waals surface area contributed by atoms with Crippen molar-refractivity contribution in [2.75, 3.05) is 31.1 Å². The Balaban J connectivity index is 2.73. The highest BCUT2D eigenvalue weighted by Crippen LogP contribution is 2.25. The smallest absolute Gasteiger partial charge is 0.151 e. The molecule has 126 valence electrons. The minimum absolute atomic E-state index is 0.199. The molecule has 0 bridgehead atoms. The van der Waals surface area contributed by atoms with Gasteiger partial charge < -0.3 is 5.32 Å². The van der Waals surface area contributed by atoms with Crippen molar-refractivity contribution in [2.24, 2.45) is 11.3 Å². The van der Waals surface area contributed by atoms with E-state index >= 15 is 0 Å². The molecule has 1 fully saturated rings. The summed E-state index contributed by atoms with van der Waals surface area (Å²) in [7, 11) is -2.89. The second kappa shape index (κ2) is 7.42.